The first-order valence-corrected chi connectivity index (χ1v) is 11.4. The fraction of sp³-hybridized carbons (Fsp3) is 0.200. The number of hydrogen-bond acceptors (Lipinski definition) is 6. The minimum atomic E-state index is -0.690. The molecule has 3 rings (SSSR count). The zero-order valence-corrected chi connectivity index (χ0v) is 21.4. The van der Waals surface area contributed by atoms with Gasteiger partial charge in [-0.25, -0.2) is 14.0 Å². The highest BCUT2D eigenvalue weighted by Gasteiger charge is 2.15. The summed E-state index contributed by atoms with van der Waals surface area (Å²) >= 11 is 0. The van der Waals surface area contributed by atoms with Crippen LogP contribution in [0.2, 0.25) is 0 Å². The molecular weight excluding hydrogens is 475 g/mol. The second-order valence-electron chi connectivity index (χ2n) is 8.55. The smallest absolute Gasteiger partial charge is 0.338 e. The highest BCUT2D eigenvalue weighted by atomic mass is 19.1. The standard InChI is InChI=1S/C30H29FO6/c1-18(2)29(32)36-27-11-8-21(14-24(27)17-35-6)20-7-10-25(23(13-20)16-34-5)22-9-12-28(26(31)15-22)37-30(33)19(3)4/h7-15H,1,3,16-17H2,2,4-6H3. The minimum absolute atomic E-state index is 0.167. The minimum Gasteiger partial charge on any atom is -0.423 e. The number of methoxy groups -OCH3 is 2. The zero-order valence-electron chi connectivity index (χ0n) is 21.4. The topological polar surface area (TPSA) is 71.1 Å². The second kappa shape index (κ2) is 12.3. The molecule has 0 radical (unpaired) electrons. The summed E-state index contributed by atoms with van der Waals surface area (Å²) in [4.78, 5) is 23.8. The van der Waals surface area contributed by atoms with E-state index in [2.05, 4.69) is 13.2 Å². The van der Waals surface area contributed by atoms with Gasteiger partial charge in [-0.05, 0) is 72.0 Å². The second-order valence-corrected chi connectivity index (χ2v) is 8.55. The molecule has 0 fully saturated rings. The first kappa shape index (κ1) is 27.5. The highest BCUT2D eigenvalue weighted by molar-refractivity contribution is 5.89. The van der Waals surface area contributed by atoms with Gasteiger partial charge in [-0.2, -0.15) is 0 Å². The Labute approximate surface area is 215 Å². The van der Waals surface area contributed by atoms with Crippen LogP contribution in [0.1, 0.15) is 25.0 Å². The molecule has 192 valence electrons. The van der Waals surface area contributed by atoms with E-state index in [1.165, 1.54) is 19.1 Å². The molecule has 0 saturated carbocycles. The highest BCUT2D eigenvalue weighted by Crippen LogP contribution is 2.34. The van der Waals surface area contributed by atoms with Crippen molar-refractivity contribution < 1.29 is 32.9 Å². The van der Waals surface area contributed by atoms with Crippen molar-refractivity contribution in [1.82, 2.24) is 0 Å². The number of halogens is 1. The third kappa shape index (κ3) is 6.78. The lowest BCUT2D eigenvalue weighted by molar-refractivity contribution is -0.131. The maximum Gasteiger partial charge on any atom is 0.338 e. The summed E-state index contributed by atoms with van der Waals surface area (Å²) in [5.74, 6) is -1.63. The van der Waals surface area contributed by atoms with Crippen molar-refractivity contribution in [3.05, 3.63) is 95.8 Å². The van der Waals surface area contributed by atoms with Crippen LogP contribution < -0.4 is 9.47 Å². The lowest BCUT2D eigenvalue weighted by Crippen LogP contribution is -2.10. The molecule has 0 saturated heterocycles. The summed E-state index contributed by atoms with van der Waals surface area (Å²) in [6.45, 7) is 10.7. The summed E-state index contributed by atoms with van der Waals surface area (Å²) < 4.78 is 35.9. The molecule has 0 bridgehead atoms. The van der Waals surface area contributed by atoms with Crippen LogP contribution in [0.25, 0.3) is 22.3 Å². The van der Waals surface area contributed by atoms with Crippen molar-refractivity contribution in [2.24, 2.45) is 0 Å². The molecule has 0 spiro atoms. The maximum absolute atomic E-state index is 14.7. The van der Waals surface area contributed by atoms with Crippen LogP contribution in [-0.4, -0.2) is 26.2 Å². The van der Waals surface area contributed by atoms with E-state index in [9.17, 15) is 14.0 Å². The van der Waals surface area contributed by atoms with Crippen molar-refractivity contribution in [2.45, 2.75) is 27.1 Å². The van der Waals surface area contributed by atoms with Crippen LogP contribution in [0.3, 0.4) is 0 Å². The normalized spacial score (nSPS) is 10.6. The number of esters is 2. The molecule has 0 amide bonds. The van der Waals surface area contributed by atoms with Crippen molar-refractivity contribution in [3.8, 4) is 33.8 Å². The van der Waals surface area contributed by atoms with E-state index in [1.54, 1.807) is 33.3 Å². The van der Waals surface area contributed by atoms with Crippen LogP contribution in [0, 0.1) is 5.82 Å². The summed E-state index contributed by atoms with van der Waals surface area (Å²) in [6, 6.07) is 15.6. The number of ether oxygens (including phenoxy) is 4. The largest absolute Gasteiger partial charge is 0.423 e. The Balaban J connectivity index is 1.98. The average molecular weight is 505 g/mol. The molecule has 0 aromatic heterocycles. The van der Waals surface area contributed by atoms with Gasteiger partial charge in [0, 0.05) is 30.9 Å². The van der Waals surface area contributed by atoms with Gasteiger partial charge < -0.3 is 18.9 Å². The Hall–Kier alpha value is -4.07. The number of rotatable bonds is 10. The Morgan fingerprint density at radius 2 is 1.19 bits per heavy atom. The molecule has 0 N–H and O–H groups in total. The molecule has 0 heterocycles. The van der Waals surface area contributed by atoms with E-state index in [4.69, 9.17) is 18.9 Å². The zero-order chi connectivity index (χ0) is 27.1. The molecular formula is C30H29FO6. The Morgan fingerprint density at radius 3 is 1.76 bits per heavy atom. The van der Waals surface area contributed by atoms with Gasteiger partial charge in [-0.3, -0.25) is 0 Å². The van der Waals surface area contributed by atoms with E-state index in [0.29, 0.717) is 22.4 Å². The van der Waals surface area contributed by atoms with Gasteiger partial charge >= 0.3 is 11.9 Å². The van der Waals surface area contributed by atoms with Crippen molar-refractivity contribution >= 4 is 11.9 Å². The molecule has 0 unspecified atom stereocenters. The molecule has 6 nitrogen and oxygen atoms in total. The quantitative estimate of drug-likeness (QED) is 0.180. The Bertz CT molecular complexity index is 1360. The molecule has 0 aliphatic heterocycles. The van der Waals surface area contributed by atoms with E-state index in [0.717, 1.165) is 22.3 Å². The van der Waals surface area contributed by atoms with Gasteiger partial charge in [0.15, 0.2) is 11.6 Å². The first-order chi connectivity index (χ1) is 17.6. The molecule has 7 heteroatoms. The summed E-state index contributed by atoms with van der Waals surface area (Å²) in [7, 11) is 3.14. The van der Waals surface area contributed by atoms with Crippen molar-refractivity contribution in [3.63, 3.8) is 0 Å². The predicted octanol–water partition coefficient (Wildman–Crippen LogP) is 6.42. The van der Waals surface area contributed by atoms with Crippen LogP contribution in [0.4, 0.5) is 4.39 Å². The first-order valence-electron chi connectivity index (χ1n) is 11.4. The molecule has 3 aromatic carbocycles. The van der Waals surface area contributed by atoms with E-state index >= 15 is 0 Å². The Kier molecular flexibility index (Phi) is 9.11. The lowest BCUT2D eigenvalue weighted by Gasteiger charge is -2.15. The third-order valence-corrected chi connectivity index (χ3v) is 5.44. The van der Waals surface area contributed by atoms with Crippen molar-refractivity contribution in [2.75, 3.05) is 14.2 Å². The third-order valence-electron chi connectivity index (χ3n) is 5.44. The maximum atomic E-state index is 14.7. The molecule has 0 aliphatic carbocycles. The molecule has 0 aliphatic rings. The van der Waals surface area contributed by atoms with Crippen LogP contribution in [0.15, 0.2) is 78.9 Å². The van der Waals surface area contributed by atoms with Crippen LogP contribution in [0.5, 0.6) is 11.5 Å². The molecule has 37 heavy (non-hydrogen) atoms. The van der Waals surface area contributed by atoms with Crippen LogP contribution >= 0.6 is 0 Å². The fourth-order valence-corrected chi connectivity index (χ4v) is 3.58. The summed E-state index contributed by atoms with van der Waals surface area (Å²) in [5, 5.41) is 0. The average Bonchev–Trinajstić information content (AvgIpc) is 2.86. The van der Waals surface area contributed by atoms with Gasteiger partial charge in [-0.1, -0.05) is 37.4 Å². The van der Waals surface area contributed by atoms with E-state index < -0.39 is 17.8 Å². The molecule has 3 aromatic rings. The van der Waals surface area contributed by atoms with Gasteiger partial charge in [0.25, 0.3) is 0 Å². The lowest BCUT2D eigenvalue weighted by atomic mass is 9.94. The summed E-state index contributed by atoms with van der Waals surface area (Å²) in [5.41, 5.74) is 5.14. The molecule has 0 atom stereocenters. The number of benzene rings is 3. The van der Waals surface area contributed by atoms with E-state index in [1.807, 2.05) is 30.3 Å². The monoisotopic (exact) mass is 504 g/mol. The Morgan fingerprint density at radius 1 is 0.703 bits per heavy atom. The fourth-order valence-electron chi connectivity index (χ4n) is 3.58. The van der Waals surface area contributed by atoms with Crippen LogP contribution in [-0.2, 0) is 32.3 Å². The van der Waals surface area contributed by atoms with Gasteiger partial charge in [-0.15, -0.1) is 0 Å². The van der Waals surface area contributed by atoms with Gasteiger partial charge in [0.2, 0.25) is 0 Å². The predicted molar refractivity (Wildman–Crippen MR) is 140 cm³/mol. The number of hydrogen-bond donors (Lipinski definition) is 0. The SMILES string of the molecule is C=C(C)C(=O)Oc1ccc(-c2ccc(-c3ccc(OC(=O)C(=C)C)c(COC)c3)cc2COC)cc1F. The van der Waals surface area contributed by atoms with Crippen molar-refractivity contribution in [1.29, 1.82) is 0 Å². The summed E-state index contributed by atoms with van der Waals surface area (Å²) in [6.07, 6.45) is 0. The number of carbonyl (C=O) groups is 2. The van der Waals surface area contributed by atoms with E-state index in [-0.39, 0.29) is 24.5 Å². The van der Waals surface area contributed by atoms with Gasteiger partial charge in [0.05, 0.1) is 13.2 Å². The van der Waals surface area contributed by atoms with Gasteiger partial charge in [0.1, 0.15) is 5.75 Å². The number of carbonyl (C=O) groups excluding carboxylic acids is 2.